The average molecular weight is 220 g/mol. The molecule has 2 amide bonds. The van der Waals surface area contributed by atoms with Crippen LogP contribution in [-0.4, -0.2) is 35.3 Å². The molecule has 1 heterocycles. The Hall–Kier alpha value is -1.50. The third kappa shape index (κ3) is 1.78. The normalized spacial score (nSPS) is 29.9. The van der Waals surface area contributed by atoms with Gasteiger partial charge in [0, 0.05) is 13.0 Å². The monoisotopic (exact) mass is 220 g/mol. The number of amides is 2. The highest BCUT2D eigenvalue weighted by atomic mass is 16.2. The summed E-state index contributed by atoms with van der Waals surface area (Å²) in [7, 11) is 0. The second-order valence-corrected chi connectivity index (χ2v) is 4.71. The van der Waals surface area contributed by atoms with Crippen molar-refractivity contribution in [2.45, 2.75) is 31.7 Å². The highest BCUT2D eigenvalue weighted by Gasteiger charge is 2.52. The van der Waals surface area contributed by atoms with E-state index in [1.807, 2.05) is 6.92 Å². The van der Waals surface area contributed by atoms with Crippen LogP contribution in [0.25, 0.3) is 0 Å². The molecule has 2 fully saturated rings. The molecule has 0 radical (unpaired) electrons. The third-order valence-electron chi connectivity index (χ3n) is 3.38. The van der Waals surface area contributed by atoms with Crippen LogP contribution in [0.2, 0.25) is 0 Å². The van der Waals surface area contributed by atoms with Crippen molar-refractivity contribution in [2.24, 2.45) is 5.92 Å². The SMILES string of the molecule is C#CCCN1CC(=O)NC(C)(C2CC2)C1=O. The Morgan fingerprint density at radius 3 is 2.81 bits per heavy atom. The maximum absolute atomic E-state index is 12.2. The van der Waals surface area contributed by atoms with Gasteiger partial charge in [-0.15, -0.1) is 12.3 Å². The molecule has 1 N–H and O–H groups in total. The molecule has 4 nitrogen and oxygen atoms in total. The number of terminal acetylenes is 1. The van der Waals surface area contributed by atoms with Crippen LogP contribution in [0.3, 0.4) is 0 Å². The number of carbonyl (C=O) groups excluding carboxylic acids is 2. The average Bonchev–Trinajstić information content (AvgIpc) is 3.05. The van der Waals surface area contributed by atoms with Gasteiger partial charge in [0.1, 0.15) is 5.54 Å². The lowest BCUT2D eigenvalue weighted by Crippen LogP contribution is -2.66. The summed E-state index contributed by atoms with van der Waals surface area (Å²) in [6.45, 7) is 2.45. The topological polar surface area (TPSA) is 49.4 Å². The molecular weight excluding hydrogens is 204 g/mol. The van der Waals surface area contributed by atoms with Gasteiger partial charge in [-0.1, -0.05) is 0 Å². The van der Waals surface area contributed by atoms with Crippen molar-refractivity contribution in [3.63, 3.8) is 0 Å². The van der Waals surface area contributed by atoms with Crippen molar-refractivity contribution in [3.05, 3.63) is 0 Å². The van der Waals surface area contributed by atoms with Gasteiger partial charge in [0.2, 0.25) is 11.8 Å². The highest BCUT2D eigenvalue weighted by molar-refractivity contribution is 5.98. The lowest BCUT2D eigenvalue weighted by molar-refractivity contribution is -0.150. The largest absolute Gasteiger partial charge is 0.340 e. The molecule has 4 heteroatoms. The van der Waals surface area contributed by atoms with Crippen molar-refractivity contribution in [3.8, 4) is 12.3 Å². The minimum atomic E-state index is -0.691. The smallest absolute Gasteiger partial charge is 0.248 e. The highest BCUT2D eigenvalue weighted by Crippen LogP contribution is 2.41. The number of piperazine rings is 1. The standard InChI is InChI=1S/C12H16N2O2/c1-3-4-7-14-8-10(15)13-12(2,11(14)16)9-5-6-9/h1,9H,4-8H2,2H3,(H,13,15). The van der Waals surface area contributed by atoms with Crippen molar-refractivity contribution in [1.29, 1.82) is 0 Å². The summed E-state index contributed by atoms with van der Waals surface area (Å²) in [4.78, 5) is 25.4. The molecule has 0 aromatic carbocycles. The van der Waals surface area contributed by atoms with E-state index in [1.165, 1.54) is 0 Å². The van der Waals surface area contributed by atoms with E-state index in [0.717, 1.165) is 12.8 Å². The van der Waals surface area contributed by atoms with E-state index >= 15 is 0 Å². The van der Waals surface area contributed by atoms with Crippen LogP contribution in [0.4, 0.5) is 0 Å². The third-order valence-corrected chi connectivity index (χ3v) is 3.38. The predicted molar refractivity (Wildman–Crippen MR) is 59.3 cm³/mol. The fraction of sp³-hybridized carbons (Fsp3) is 0.667. The molecule has 1 aliphatic carbocycles. The molecule has 0 bridgehead atoms. The minimum absolute atomic E-state index is 0.0184. The second kappa shape index (κ2) is 3.82. The van der Waals surface area contributed by atoms with Crippen molar-refractivity contribution in [1.82, 2.24) is 10.2 Å². The fourth-order valence-corrected chi connectivity index (χ4v) is 2.27. The van der Waals surface area contributed by atoms with Gasteiger partial charge >= 0.3 is 0 Å². The molecule has 1 atom stereocenters. The maximum Gasteiger partial charge on any atom is 0.248 e. The van der Waals surface area contributed by atoms with Gasteiger partial charge in [-0.25, -0.2) is 0 Å². The Balaban J connectivity index is 2.13. The second-order valence-electron chi connectivity index (χ2n) is 4.71. The summed E-state index contributed by atoms with van der Waals surface area (Å²) in [5.74, 6) is 2.74. The number of nitrogens with zero attached hydrogens (tertiary/aromatic N) is 1. The van der Waals surface area contributed by atoms with Crippen LogP contribution >= 0.6 is 0 Å². The van der Waals surface area contributed by atoms with E-state index in [9.17, 15) is 9.59 Å². The minimum Gasteiger partial charge on any atom is -0.340 e. The number of hydrogen-bond donors (Lipinski definition) is 1. The van der Waals surface area contributed by atoms with Crippen LogP contribution in [-0.2, 0) is 9.59 Å². The van der Waals surface area contributed by atoms with Gasteiger partial charge in [0.25, 0.3) is 0 Å². The Labute approximate surface area is 95.4 Å². The van der Waals surface area contributed by atoms with Crippen LogP contribution in [0.1, 0.15) is 26.2 Å². The van der Waals surface area contributed by atoms with Gasteiger partial charge in [-0.3, -0.25) is 9.59 Å². The number of carbonyl (C=O) groups is 2. The van der Waals surface area contributed by atoms with E-state index in [-0.39, 0.29) is 18.4 Å². The summed E-state index contributed by atoms with van der Waals surface area (Å²) in [6, 6.07) is 0. The molecule has 1 unspecified atom stereocenters. The Morgan fingerprint density at radius 2 is 2.25 bits per heavy atom. The molecule has 2 rings (SSSR count). The van der Waals surface area contributed by atoms with Gasteiger partial charge in [0.15, 0.2) is 0 Å². The van der Waals surface area contributed by atoms with Gasteiger partial charge in [0.05, 0.1) is 6.54 Å². The maximum atomic E-state index is 12.2. The molecule has 1 saturated carbocycles. The summed E-state index contributed by atoms with van der Waals surface area (Å²) < 4.78 is 0. The Kier molecular flexibility index (Phi) is 2.63. The van der Waals surface area contributed by atoms with Gasteiger partial charge < -0.3 is 10.2 Å². The van der Waals surface area contributed by atoms with Gasteiger partial charge in [-0.05, 0) is 25.7 Å². The Morgan fingerprint density at radius 1 is 1.56 bits per heavy atom. The molecule has 86 valence electrons. The van der Waals surface area contributed by atoms with E-state index in [2.05, 4.69) is 11.2 Å². The summed E-state index contributed by atoms with van der Waals surface area (Å²) in [6.07, 6.45) is 7.72. The first-order valence-electron chi connectivity index (χ1n) is 5.62. The van der Waals surface area contributed by atoms with E-state index in [1.54, 1.807) is 4.90 Å². The van der Waals surface area contributed by atoms with Crippen molar-refractivity contribution >= 4 is 11.8 Å². The van der Waals surface area contributed by atoms with Crippen LogP contribution in [0, 0.1) is 18.3 Å². The zero-order valence-corrected chi connectivity index (χ0v) is 9.45. The summed E-state index contributed by atoms with van der Waals surface area (Å²) >= 11 is 0. The molecule has 16 heavy (non-hydrogen) atoms. The predicted octanol–water partition coefficient (Wildman–Crippen LogP) is 0.137. The molecule has 0 aromatic rings. The number of hydrogen-bond acceptors (Lipinski definition) is 2. The molecule has 2 aliphatic rings. The quantitative estimate of drug-likeness (QED) is 0.688. The van der Waals surface area contributed by atoms with Crippen molar-refractivity contribution < 1.29 is 9.59 Å². The molecule has 0 aromatic heterocycles. The van der Waals surface area contributed by atoms with Gasteiger partial charge in [-0.2, -0.15) is 0 Å². The van der Waals surface area contributed by atoms with E-state index in [0.29, 0.717) is 18.9 Å². The van der Waals surface area contributed by atoms with Crippen LogP contribution < -0.4 is 5.32 Å². The first kappa shape index (κ1) is 11.0. The van der Waals surface area contributed by atoms with E-state index < -0.39 is 5.54 Å². The van der Waals surface area contributed by atoms with E-state index in [4.69, 9.17) is 6.42 Å². The molecule has 1 aliphatic heterocycles. The first-order valence-corrected chi connectivity index (χ1v) is 5.62. The summed E-state index contributed by atoms with van der Waals surface area (Å²) in [5.41, 5.74) is -0.691. The molecule has 0 spiro atoms. The zero-order valence-electron chi connectivity index (χ0n) is 9.45. The lowest BCUT2D eigenvalue weighted by atomic mass is 9.91. The number of nitrogens with one attached hydrogen (secondary N) is 1. The molecular formula is C12H16N2O2. The molecule has 1 saturated heterocycles. The summed E-state index contributed by atoms with van der Waals surface area (Å²) in [5, 5.41) is 2.83. The fourth-order valence-electron chi connectivity index (χ4n) is 2.27. The Bertz CT molecular complexity index is 368. The first-order chi connectivity index (χ1) is 7.58. The number of rotatable bonds is 3. The van der Waals surface area contributed by atoms with Crippen LogP contribution in [0.15, 0.2) is 0 Å². The van der Waals surface area contributed by atoms with Crippen LogP contribution in [0.5, 0.6) is 0 Å². The lowest BCUT2D eigenvalue weighted by Gasteiger charge is -2.39. The van der Waals surface area contributed by atoms with Crippen molar-refractivity contribution in [2.75, 3.05) is 13.1 Å². The zero-order chi connectivity index (χ0) is 11.8.